The Morgan fingerprint density at radius 2 is 1.48 bits per heavy atom. The second-order valence-electron chi connectivity index (χ2n) is 4.96. The van der Waals surface area contributed by atoms with Crippen LogP contribution in [0.25, 0.3) is 12.2 Å². The third-order valence-electron chi connectivity index (χ3n) is 3.28. The molecule has 0 spiro atoms. The molecule has 0 heterocycles. The van der Waals surface area contributed by atoms with Crippen LogP contribution >= 0.6 is 0 Å². The summed E-state index contributed by atoms with van der Waals surface area (Å²) in [6.45, 7) is 1.35. The van der Waals surface area contributed by atoms with Crippen molar-refractivity contribution in [1.29, 1.82) is 0 Å². The number of anilines is 1. The Morgan fingerprint density at radius 1 is 0.870 bits per heavy atom. The Morgan fingerprint density at radius 3 is 2.04 bits per heavy atom. The van der Waals surface area contributed by atoms with Crippen molar-refractivity contribution in [1.82, 2.24) is 0 Å². The summed E-state index contributed by atoms with van der Waals surface area (Å²) in [7, 11) is 1.91. The highest BCUT2D eigenvalue weighted by molar-refractivity contribution is 5.70. The van der Waals surface area contributed by atoms with E-state index in [-0.39, 0.29) is 6.61 Å². The third kappa shape index (κ3) is 6.14. The van der Waals surface area contributed by atoms with E-state index in [0.717, 1.165) is 22.6 Å². The third-order valence-corrected chi connectivity index (χ3v) is 3.28. The maximum absolute atomic E-state index is 8.60. The lowest BCUT2D eigenvalue weighted by Crippen LogP contribution is -2.08. The number of ether oxygens (including phenoxy) is 2. The summed E-state index contributed by atoms with van der Waals surface area (Å²) in [5.41, 5.74) is 3.38. The molecule has 0 aromatic heterocycles. The van der Waals surface area contributed by atoms with Crippen LogP contribution in [0.3, 0.4) is 0 Å². The van der Waals surface area contributed by atoms with Crippen LogP contribution in [-0.4, -0.2) is 38.6 Å². The molecule has 122 valence electrons. The lowest BCUT2D eigenvalue weighted by Gasteiger charge is -2.06. The van der Waals surface area contributed by atoms with Crippen molar-refractivity contribution < 1.29 is 14.6 Å². The zero-order valence-electron chi connectivity index (χ0n) is 13.4. The molecule has 0 unspecified atom stereocenters. The summed E-state index contributed by atoms with van der Waals surface area (Å²) >= 11 is 0. The summed E-state index contributed by atoms with van der Waals surface area (Å²) in [4.78, 5) is 0. The lowest BCUT2D eigenvalue weighted by molar-refractivity contribution is 0.0705. The van der Waals surface area contributed by atoms with Crippen LogP contribution in [0.15, 0.2) is 48.5 Å². The van der Waals surface area contributed by atoms with Crippen LogP contribution in [0.4, 0.5) is 5.69 Å². The molecule has 4 heteroatoms. The fourth-order valence-corrected chi connectivity index (χ4v) is 2.01. The normalized spacial score (nSPS) is 10.9. The first kappa shape index (κ1) is 17.1. The minimum atomic E-state index is 0.0404. The van der Waals surface area contributed by atoms with Gasteiger partial charge in [0, 0.05) is 12.7 Å². The first-order valence-electron chi connectivity index (χ1n) is 7.69. The summed E-state index contributed by atoms with van der Waals surface area (Å²) in [5.74, 6) is 0.813. The quantitative estimate of drug-likeness (QED) is 0.551. The summed E-state index contributed by atoms with van der Waals surface area (Å²) in [6.07, 6.45) is 4.15. The number of hydrogen-bond acceptors (Lipinski definition) is 4. The smallest absolute Gasteiger partial charge is 0.119 e. The maximum Gasteiger partial charge on any atom is 0.119 e. The molecule has 0 bridgehead atoms. The zero-order valence-corrected chi connectivity index (χ0v) is 13.4. The standard InChI is InChI=1S/C19H23NO3/c1-20-18-8-4-16(5-9-18)2-3-17-6-10-19(11-7-17)23-15-14-22-13-12-21/h2-11,20-21H,12-15H2,1H3. The molecule has 0 saturated heterocycles. The number of hydrogen-bond donors (Lipinski definition) is 2. The molecule has 2 aromatic rings. The van der Waals surface area contributed by atoms with Gasteiger partial charge in [-0.05, 0) is 35.4 Å². The Bertz CT molecular complexity index is 591. The van der Waals surface area contributed by atoms with E-state index >= 15 is 0 Å². The molecule has 0 aliphatic rings. The van der Waals surface area contributed by atoms with Gasteiger partial charge in [0.05, 0.1) is 19.8 Å². The number of nitrogens with one attached hydrogen (secondary N) is 1. The van der Waals surface area contributed by atoms with Crippen LogP contribution in [0, 0.1) is 0 Å². The van der Waals surface area contributed by atoms with Gasteiger partial charge in [-0.1, -0.05) is 36.4 Å². The van der Waals surface area contributed by atoms with E-state index < -0.39 is 0 Å². The van der Waals surface area contributed by atoms with Crippen molar-refractivity contribution in [2.75, 3.05) is 38.8 Å². The topological polar surface area (TPSA) is 50.7 Å². The average Bonchev–Trinajstić information content (AvgIpc) is 2.61. The zero-order chi connectivity index (χ0) is 16.3. The minimum absolute atomic E-state index is 0.0404. The van der Waals surface area contributed by atoms with E-state index in [4.69, 9.17) is 14.6 Å². The number of benzene rings is 2. The van der Waals surface area contributed by atoms with Crippen LogP contribution < -0.4 is 10.1 Å². The Hall–Kier alpha value is -2.30. The van der Waals surface area contributed by atoms with E-state index in [9.17, 15) is 0 Å². The SMILES string of the molecule is CNc1ccc(C=Cc2ccc(OCCOCCO)cc2)cc1. The lowest BCUT2D eigenvalue weighted by atomic mass is 10.1. The molecule has 23 heavy (non-hydrogen) atoms. The summed E-state index contributed by atoms with van der Waals surface area (Å²) < 4.78 is 10.7. The van der Waals surface area contributed by atoms with Crippen LogP contribution in [-0.2, 0) is 4.74 Å². The Kier molecular flexibility index (Phi) is 7.17. The molecule has 2 rings (SSSR count). The fourth-order valence-electron chi connectivity index (χ4n) is 2.01. The first-order valence-corrected chi connectivity index (χ1v) is 7.69. The van der Waals surface area contributed by atoms with Gasteiger partial charge in [-0.15, -0.1) is 0 Å². The van der Waals surface area contributed by atoms with Gasteiger partial charge in [0.25, 0.3) is 0 Å². The first-order chi connectivity index (χ1) is 11.3. The van der Waals surface area contributed by atoms with Crippen molar-refractivity contribution >= 4 is 17.8 Å². The van der Waals surface area contributed by atoms with Gasteiger partial charge in [-0.25, -0.2) is 0 Å². The molecule has 0 saturated carbocycles. The van der Waals surface area contributed by atoms with Gasteiger partial charge in [-0.3, -0.25) is 0 Å². The van der Waals surface area contributed by atoms with Gasteiger partial charge in [0.1, 0.15) is 12.4 Å². The van der Waals surface area contributed by atoms with E-state index in [2.05, 4.69) is 41.7 Å². The van der Waals surface area contributed by atoms with Crippen molar-refractivity contribution in [2.24, 2.45) is 0 Å². The van der Waals surface area contributed by atoms with Crippen LogP contribution in [0.2, 0.25) is 0 Å². The number of aliphatic hydroxyl groups is 1. The van der Waals surface area contributed by atoms with Crippen LogP contribution in [0.5, 0.6) is 5.75 Å². The average molecular weight is 313 g/mol. The highest BCUT2D eigenvalue weighted by atomic mass is 16.5. The van der Waals surface area contributed by atoms with E-state index in [1.165, 1.54) is 0 Å². The number of rotatable bonds is 9. The second kappa shape index (κ2) is 9.66. The van der Waals surface area contributed by atoms with Gasteiger partial charge < -0.3 is 19.9 Å². The molecule has 4 nitrogen and oxygen atoms in total. The number of aliphatic hydroxyl groups excluding tert-OH is 1. The molecule has 0 atom stereocenters. The molecule has 0 radical (unpaired) electrons. The van der Waals surface area contributed by atoms with Gasteiger partial charge in [0.2, 0.25) is 0 Å². The largest absolute Gasteiger partial charge is 0.491 e. The predicted molar refractivity (Wildman–Crippen MR) is 94.8 cm³/mol. The maximum atomic E-state index is 8.60. The van der Waals surface area contributed by atoms with Crippen molar-refractivity contribution in [2.45, 2.75) is 0 Å². The van der Waals surface area contributed by atoms with Crippen molar-refractivity contribution in [3.05, 3.63) is 59.7 Å². The molecular weight excluding hydrogens is 290 g/mol. The fraction of sp³-hybridized carbons (Fsp3) is 0.263. The Labute approximate surface area is 137 Å². The molecule has 2 N–H and O–H groups in total. The highest BCUT2D eigenvalue weighted by Crippen LogP contribution is 2.15. The van der Waals surface area contributed by atoms with E-state index in [1.54, 1.807) is 0 Å². The minimum Gasteiger partial charge on any atom is -0.491 e. The Balaban J connectivity index is 1.82. The summed E-state index contributed by atoms with van der Waals surface area (Å²) in [5, 5.41) is 11.7. The van der Waals surface area contributed by atoms with E-state index in [1.807, 2.05) is 31.3 Å². The monoisotopic (exact) mass is 313 g/mol. The molecule has 0 fully saturated rings. The predicted octanol–water partition coefficient (Wildman–Crippen LogP) is 3.29. The summed E-state index contributed by atoms with van der Waals surface area (Å²) in [6, 6.07) is 16.2. The highest BCUT2D eigenvalue weighted by Gasteiger charge is 1.95. The second-order valence-corrected chi connectivity index (χ2v) is 4.96. The van der Waals surface area contributed by atoms with Crippen molar-refractivity contribution in [3.63, 3.8) is 0 Å². The van der Waals surface area contributed by atoms with E-state index in [0.29, 0.717) is 19.8 Å². The molecule has 0 amide bonds. The molecule has 0 aliphatic carbocycles. The molecule has 2 aromatic carbocycles. The molecule has 0 aliphatic heterocycles. The van der Waals surface area contributed by atoms with Gasteiger partial charge in [-0.2, -0.15) is 0 Å². The van der Waals surface area contributed by atoms with Crippen LogP contribution in [0.1, 0.15) is 11.1 Å². The van der Waals surface area contributed by atoms with Crippen molar-refractivity contribution in [3.8, 4) is 5.75 Å². The van der Waals surface area contributed by atoms with Gasteiger partial charge in [0.15, 0.2) is 0 Å². The molecular formula is C19H23NO3. The van der Waals surface area contributed by atoms with Gasteiger partial charge >= 0.3 is 0 Å².